The number of carbonyl (C=O) groups excluding carboxylic acids is 1. The fourth-order valence-electron chi connectivity index (χ4n) is 2.41. The molecule has 0 unspecified atom stereocenters. The normalized spacial score (nSPS) is 23.4. The first kappa shape index (κ1) is 17.1. The van der Waals surface area contributed by atoms with E-state index in [0.29, 0.717) is 0 Å². The first-order valence-corrected chi connectivity index (χ1v) is 8.55. The maximum atomic E-state index is 13.7. The molecule has 2 N–H and O–H groups in total. The van der Waals surface area contributed by atoms with E-state index in [-0.39, 0.29) is 23.7 Å². The molecular formula is C13H16ClFN2O4S. The Balaban J connectivity index is 2.32. The molecule has 1 aromatic carbocycles. The van der Waals surface area contributed by atoms with Gasteiger partial charge in [0.25, 0.3) is 0 Å². The summed E-state index contributed by atoms with van der Waals surface area (Å²) in [4.78, 5) is 11.5. The van der Waals surface area contributed by atoms with Gasteiger partial charge in [0.05, 0.1) is 18.5 Å². The van der Waals surface area contributed by atoms with E-state index in [2.05, 4.69) is 0 Å². The summed E-state index contributed by atoms with van der Waals surface area (Å²) in [6.07, 6.45) is -0.662. The zero-order valence-electron chi connectivity index (χ0n) is 11.8. The van der Waals surface area contributed by atoms with E-state index in [9.17, 15) is 17.6 Å². The Morgan fingerprint density at radius 2 is 2.23 bits per heavy atom. The standard InChI is InChI=1S/C13H16ClFN2O4S/c1-8-12(13(16)18)17(4-5-21-8)22(19,20)7-9-6-10(14)2-3-11(9)15/h2-3,6,8,12H,4-5,7H2,1H3,(H2,16,18)/t8-,12+/m1/s1. The SMILES string of the molecule is C[C@H]1OCCN(S(=O)(=O)Cc2cc(Cl)ccc2F)[C@@H]1C(N)=O. The van der Waals surface area contributed by atoms with Crippen molar-refractivity contribution in [2.45, 2.75) is 24.8 Å². The summed E-state index contributed by atoms with van der Waals surface area (Å²) in [6, 6.07) is 2.56. The number of nitrogens with two attached hydrogens (primary N) is 1. The molecule has 1 aliphatic heterocycles. The number of halogens is 2. The monoisotopic (exact) mass is 350 g/mol. The average molecular weight is 351 g/mol. The van der Waals surface area contributed by atoms with Crippen LogP contribution in [0.4, 0.5) is 4.39 Å². The van der Waals surface area contributed by atoms with Crippen LogP contribution in [0, 0.1) is 5.82 Å². The van der Waals surface area contributed by atoms with Gasteiger partial charge >= 0.3 is 0 Å². The lowest BCUT2D eigenvalue weighted by atomic mass is 10.1. The third kappa shape index (κ3) is 3.57. The number of amides is 1. The molecule has 22 heavy (non-hydrogen) atoms. The van der Waals surface area contributed by atoms with Crippen molar-refractivity contribution in [3.63, 3.8) is 0 Å². The Morgan fingerprint density at radius 1 is 1.55 bits per heavy atom. The van der Waals surface area contributed by atoms with Gasteiger partial charge in [-0.3, -0.25) is 4.79 Å². The first-order valence-electron chi connectivity index (χ1n) is 6.57. The van der Waals surface area contributed by atoms with Crippen molar-refractivity contribution in [1.82, 2.24) is 4.31 Å². The van der Waals surface area contributed by atoms with Crippen LogP contribution in [0.3, 0.4) is 0 Å². The molecular weight excluding hydrogens is 335 g/mol. The Hall–Kier alpha value is -1.22. The molecule has 0 saturated carbocycles. The Bertz CT molecular complexity index is 683. The number of rotatable bonds is 4. The summed E-state index contributed by atoms with van der Waals surface area (Å²) in [5, 5.41) is 0.230. The molecule has 9 heteroatoms. The van der Waals surface area contributed by atoms with Crippen LogP contribution in [-0.2, 0) is 25.3 Å². The smallest absolute Gasteiger partial charge is 0.238 e. The number of ether oxygens (including phenoxy) is 1. The van der Waals surface area contributed by atoms with Gasteiger partial charge in [0.2, 0.25) is 15.9 Å². The largest absolute Gasteiger partial charge is 0.375 e. The highest BCUT2D eigenvalue weighted by molar-refractivity contribution is 7.88. The van der Waals surface area contributed by atoms with Gasteiger partial charge in [0, 0.05) is 17.1 Å². The molecule has 1 amide bonds. The van der Waals surface area contributed by atoms with Gasteiger partial charge in [0.15, 0.2) is 0 Å². The second-order valence-corrected chi connectivity index (χ2v) is 7.38. The number of carbonyl (C=O) groups is 1. The van der Waals surface area contributed by atoms with Crippen molar-refractivity contribution in [1.29, 1.82) is 0 Å². The Kier molecular flexibility index (Phi) is 5.06. The second-order valence-electron chi connectivity index (χ2n) is 5.03. The lowest BCUT2D eigenvalue weighted by Gasteiger charge is -2.36. The molecule has 0 bridgehead atoms. The van der Waals surface area contributed by atoms with Crippen molar-refractivity contribution in [3.05, 3.63) is 34.6 Å². The summed E-state index contributed by atoms with van der Waals surface area (Å²) in [6.45, 7) is 1.70. The number of nitrogens with zero attached hydrogens (tertiary/aromatic N) is 1. The van der Waals surface area contributed by atoms with E-state index >= 15 is 0 Å². The lowest BCUT2D eigenvalue weighted by molar-refractivity contribution is -0.130. The van der Waals surface area contributed by atoms with Crippen molar-refractivity contribution < 1.29 is 22.3 Å². The number of sulfonamides is 1. The molecule has 6 nitrogen and oxygen atoms in total. The maximum Gasteiger partial charge on any atom is 0.238 e. The van der Waals surface area contributed by atoms with Gasteiger partial charge in [-0.15, -0.1) is 0 Å². The van der Waals surface area contributed by atoms with Crippen molar-refractivity contribution in [3.8, 4) is 0 Å². The molecule has 1 aromatic rings. The van der Waals surface area contributed by atoms with Gasteiger partial charge in [0.1, 0.15) is 11.9 Å². The third-order valence-electron chi connectivity index (χ3n) is 3.44. The molecule has 1 heterocycles. The number of morpholine rings is 1. The summed E-state index contributed by atoms with van der Waals surface area (Å²) >= 11 is 5.76. The predicted octanol–water partition coefficient (Wildman–Crippen LogP) is 0.884. The molecule has 122 valence electrons. The summed E-state index contributed by atoms with van der Waals surface area (Å²) in [5.41, 5.74) is 5.21. The van der Waals surface area contributed by atoms with Crippen LogP contribution in [0.5, 0.6) is 0 Å². The predicted molar refractivity (Wildman–Crippen MR) is 79.1 cm³/mol. The minimum atomic E-state index is -3.95. The highest BCUT2D eigenvalue weighted by Crippen LogP contribution is 2.23. The van der Waals surface area contributed by atoms with Gasteiger partial charge in [-0.2, -0.15) is 4.31 Å². The topological polar surface area (TPSA) is 89.7 Å². The molecule has 1 saturated heterocycles. The van der Waals surface area contributed by atoms with E-state index in [1.54, 1.807) is 6.92 Å². The maximum absolute atomic E-state index is 13.7. The van der Waals surface area contributed by atoms with E-state index in [1.807, 2.05) is 0 Å². The van der Waals surface area contributed by atoms with Crippen LogP contribution < -0.4 is 5.73 Å². The molecule has 0 aromatic heterocycles. The first-order chi connectivity index (χ1) is 10.2. The zero-order valence-corrected chi connectivity index (χ0v) is 13.4. The van der Waals surface area contributed by atoms with Crippen LogP contribution in [-0.4, -0.2) is 43.9 Å². The van der Waals surface area contributed by atoms with Gasteiger partial charge in [-0.25, -0.2) is 12.8 Å². The van der Waals surface area contributed by atoms with E-state index < -0.39 is 39.6 Å². The highest BCUT2D eigenvalue weighted by Gasteiger charge is 2.40. The number of hydrogen-bond acceptors (Lipinski definition) is 4. The number of primary amides is 1. The van der Waals surface area contributed by atoms with E-state index in [4.69, 9.17) is 22.1 Å². The van der Waals surface area contributed by atoms with Crippen molar-refractivity contribution >= 4 is 27.5 Å². The lowest BCUT2D eigenvalue weighted by Crippen LogP contribution is -2.58. The minimum absolute atomic E-state index is 0.0114. The fourth-order valence-corrected chi connectivity index (χ4v) is 4.36. The van der Waals surface area contributed by atoms with Gasteiger partial charge in [-0.1, -0.05) is 11.6 Å². The molecule has 0 aliphatic carbocycles. The molecule has 2 rings (SSSR count). The van der Waals surface area contributed by atoms with Crippen LogP contribution in [0.25, 0.3) is 0 Å². The van der Waals surface area contributed by atoms with Gasteiger partial charge < -0.3 is 10.5 Å². The van der Waals surface area contributed by atoms with Crippen LogP contribution >= 0.6 is 11.6 Å². The Morgan fingerprint density at radius 3 is 2.86 bits per heavy atom. The molecule has 1 aliphatic rings. The van der Waals surface area contributed by atoms with Gasteiger partial charge in [-0.05, 0) is 25.1 Å². The Labute approximate surface area is 133 Å². The molecule has 0 spiro atoms. The highest BCUT2D eigenvalue weighted by atomic mass is 35.5. The zero-order chi connectivity index (χ0) is 16.5. The summed E-state index contributed by atoms with van der Waals surface area (Å²) < 4.78 is 45.0. The summed E-state index contributed by atoms with van der Waals surface area (Å²) in [5.74, 6) is -2.08. The minimum Gasteiger partial charge on any atom is -0.375 e. The molecule has 0 radical (unpaired) electrons. The van der Waals surface area contributed by atoms with Crippen molar-refractivity contribution in [2.75, 3.05) is 13.2 Å². The van der Waals surface area contributed by atoms with Crippen LogP contribution in [0.15, 0.2) is 18.2 Å². The van der Waals surface area contributed by atoms with E-state index in [0.717, 1.165) is 10.4 Å². The summed E-state index contributed by atoms with van der Waals surface area (Å²) in [7, 11) is -3.95. The molecule has 2 atom stereocenters. The molecule has 1 fully saturated rings. The third-order valence-corrected chi connectivity index (χ3v) is 5.48. The van der Waals surface area contributed by atoms with Crippen LogP contribution in [0.1, 0.15) is 12.5 Å². The van der Waals surface area contributed by atoms with E-state index in [1.165, 1.54) is 12.1 Å². The average Bonchev–Trinajstić information content (AvgIpc) is 2.42. The second kappa shape index (κ2) is 6.49. The number of hydrogen-bond donors (Lipinski definition) is 1. The quantitative estimate of drug-likeness (QED) is 0.873. The fraction of sp³-hybridized carbons (Fsp3) is 0.462. The van der Waals surface area contributed by atoms with Crippen molar-refractivity contribution in [2.24, 2.45) is 5.73 Å². The van der Waals surface area contributed by atoms with Crippen LogP contribution in [0.2, 0.25) is 5.02 Å². The number of benzene rings is 1.